The van der Waals surface area contributed by atoms with Gasteiger partial charge in [-0.05, 0) is 66.2 Å². The van der Waals surface area contributed by atoms with Gasteiger partial charge in [0.25, 0.3) is 5.91 Å². The van der Waals surface area contributed by atoms with Gasteiger partial charge in [-0.2, -0.15) is 0 Å². The van der Waals surface area contributed by atoms with Crippen LogP contribution >= 0.6 is 11.6 Å². The summed E-state index contributed by atoms with van der Waals surface area (Å²) in [7, 11) is 1.65. The fourth-order valence-electron chi connectivity index (χ4n) is 2.50. The largest absolute Gasteiger partial charge is 0.497 e. The molecular weight excluding hydrogens is 376 g/mol. The van der Waals surface area contributed by atoms with Crippen LogP contribution < -0.4 is 20.1 Å². The Hall–Kier alpha value is -3.18. The van der Waals surface area contributed by atoms with Gasteiger partial charge in [-0.3, -0.25) is 4.79 Å². The van der Waals surface area contributed by atoms with Crippen LogP contribution in [0.2, 0.25) is 5.02 Å². The molecule has 28 heavy (non-hydrogen) atoms. The summed E-state index contributed by atoms with van der Waals surface area (Å²) in [5, 5.41) is 6.77. The highest BCUT2D eigenvalue weighted by Gasteiger charge is 2.04. The average molecular weight is 397 g/mol. The number of halogens is 1. The third-order valence-corrected chi connectivity index (χ3v) is 4.26. The van der Waals surface area contributed by atoms with E-state index in [1.165, 1.54) is 0 Å². The number of rotatable bonds is 8. The first-order valence-corrected chi connectivity index (χ1v) is 9.15. The molecule has 0 bridgehead atoms. The van der Waals surface area contributed by atoms with E-state index in [0.29, 0.717) is 23.0 Å². The monoisotopic (exact) mass is 396 g/mol. The number of hydrogen-bond acceptors (Lipinski definition) is 4. The minimum atomic E-state index is -0.228. The fourth-order valence-corrected chi connectivity index (χ4v) is 2.62. The summed E-state index contributed by atoms with van der Waals surface area (Å²) in [6, 6.07) is 22.3. The van der Waals surface area contributed by atoms with Gasteiger partial charge in [0.1, 0.15) is 11.5 Å². The first-order chi connectivity index (χ1) is 13.6. The highest BCUT2D eigenvalue weighted by atomic mass is 35.5. The molecule has 0 radical (unpaired) electrons. The van der Waals surface area contributed by atoms with Gasteiger partial charge >= 0.3 is 0 Å². The first kappa shape index (κ1) is 19.6. The van der Waals surface area contributed by atoms with Crippen LogP contribution in [0, 0.1) is 0 Å². The van der Waals surface area contributed by atoms with Crippen molar-refractivity contribution >= 4 is 28.9 Å². The van der Waals surface area contributed by atoms with E-state index >= 15 is 0 Å². The number of carbonyl (C=O) groups is 1. The lowest BCUT2D eigenvalue weighted by Gasteiger charge is -2.10. The molecule has 1 amide bonds. The summed E-state index contributed by atoms with van der Waals surface area (Å²) >= 11 is 5.82. The van der Waals surface area contributed by atoms with Crippen LogP contribution in [-0.4, -0.2) is 19.6 Å². The maximum Gasteiger partial charge on any atom is 0.262 e. The van der Waals surface area contributed by atoms with E-state index in [-0.39, 0.29) is 12.5 Å². The number of hydrogen-bond donors (Lipinski definition) is 2. The van der Waals surface area contributed by atoms with Crippen molar-refractivity contribution in [3.63, 3.8) is 0 Å². The molecule has 0 spiro atoms. The predicted molar refractivity (Wildman–Crippen MR) is 112 cm³/mol. The van der Waals surface area contributed by atoms with Crippen LogP contribution in [0.15, 0.2) is 72.8 Å². The van der Waals surface area contributed by atoms with Crippen molar-refractivity contribution in [2.24, 2.45) is 0 Å². The highest BCUT2D eigenvalue weighted by molar-refractivity contribution is 6.30. The molecule has 2 N–H and O–H groups in total. The van der Waals surface area contributed by atoms with Gasteiger partial charge in [0.05, 0.1) is 7.11 Å². The Morgan fingerprint density at radius 1 is 0.857 bits per heavy atom. The lowest BCUT2D eigenvalue weighted by Crippen LogP contribution is -2.20. The Morgan fingerprint density at radius 3 is 2.11 bits per heavy atom. The summed E-state index contributed by atoms with van der Waals surface area (Å²) in [6.45, 7) is 0.629. The third kappa shape index (κ3) is 5.93. The summed E-state index contributed by atoms with van der Waals surface area (Å²) in [4.78, 5) is 12.0. The second kappa shape index (κ2) is 9.67. The maximum atomic E-state index is 12.0. The molecule has 0 aliphatic carbocycles. The number of ether oxygens (including phenoxy) is 2. The SMILES string of the molecule is COc1ccc(CNc2ccc(NC(=O)COc3ccc(Cl)cc3)cc2)cc1. The Kier molecular flexibility index (Phi) is 6.76. The van der Waals surface area contributed by atoms with Crippen molar-refractivity contribution < 1.29 is 14.3 Å². The van der Waals surface area contributed by atoms with Crippen LogP contribution in [0.4, 0.5) is 11.4 Å². The summed E-state index contributed by atoms with van der Waals surface area (Å²) in [6.07, 6.45) is 0. The van der Waals surface area contributed by atoms with E-state index in [0.717, 1.165) is 17.0 Å². The smallest absolute Gasteiger partial charge is 0.262 e. The van der Waals surface area contributed by atoms with E-state index in [1.54, 1.807) is 31.4 Å². The van der Waals surface area contributed by atoms with Gasteiger partial charge in [-0.25, -0.2) is 0 Å². The standard InChI is InChI=1S/C22H21ClN2O3/c1-27-20-10-2-16(3-11-20)14-24-18-6-8-19(9-7-18)25-22(26)15-28-21-12-4-17(23)5-13-21/h2-13,24H,14-15H2,1H3,(H,25,26). The zero-order valence-corrected chi connectivity index (χ0v) is 16.2. The quantitative estimate of drug-likeness (QED) is 0.563. The first-order valence-electron chi connectivity index (χ1n) is 8.77. The Balaban J connectivity index is 1.45. The molecule has 3 aromatic carbocycles. The van der Waals surface area contributed by atoms with Crippen molar-refractivity contribution in [1.82, 2.24) is 0 Å². The fraction of sp³-hybridized carbons (Fsp3) is 0.136. The lowest BCUT2D eigenvalue weighted by atomic mass is 10.2. The van der Waals surface area contributed by atoms with Gasteiger partial charge in [-0.15, -0.1) is 0 Å². The van der Waals surface area contributed by atoms with Gasteiger partial charge in [0.15, 0.2) is 6.61 Å². The predicted octanol–water partition coefficient (Wildman–Crippen LogP) is 4.98. The van der Waals surface area contributed by atoms with E-state index in [1.807, 2.05) is 48.5 Å². The van der Waals surface area contributed by atoms with Gasteiger partial charge in [0, 0.05) is 22.9 Å². The molecule has 0 aliphatic rings. The van der Waals surface area contributed by atoms with Gasteiger partial charge in [-0.1, -0.05) is 23.7 Å². The molecule has 3 aromatic rings. The summed E-state index contributed by atoms with van der Waals surface area (Å²) < 4.78 is 10.6. The molecule has 5 nitrogen and oxygen atoms in total. The van der Waals surface area contributed by atoms with Gasteiger partial charge < -0.3 is 20.1 Å². The molecule has 0 aliphatic heterocycles. The molecule has 144 valence electrons. The molecule has 0 aromatic heterocycles. The van der Waals surface area contributed by atoms with Crippen LogP contribution in [-0.2, 0) is 11.3 Å². The maximum absolute atomic E-state index is 12.0. The minimum absolute atomic E-state index is 0.0703. The second-order valence-electron chi connectivity index (χ2n) is 6.07. The van der Waals surface area contributed by atoms with Crippen molar-refractivity contribution in [3.8, 4) is 11.5 Å². The number of nitrogens with one attached hydrogen (secondary N) is 2. The average Bonchev–Trinajstić information content (AvgIpc) is 2.73. The minimum Gasteiger partial charge on any atom is -0.497 e. The van der Waals surface area contributed by atoms with Crippen LogP contribution in [0.25, 0.3) is 0 Å². The third-order valence-electron chi connectivity index (χ3n) is 4.01. The second-order valence-corrected chi connectivity index (χ2v) is 6.51. The normalized spacial score (nSPS) is 10.2. The number of amides is 1. The van der Waals surface area contributed by atoms with E-state index in [2.05, 4.69) is 10.6 Å². The molecular formula is C22H21ClN2O3. The molecule has 0 heterocycles. The number of benzene rings is 3. The van der Waals surface area contributed by atoms with E-state index < -0.39 is 0 Å². The van der Waals surface area contributed by atoms with Crippen LogP contribution in [0.5, 0.6) is 11.5 Å². The van der Waals surface area contributed by atoms with E-state index in [9.17, 15) is 4.79 Å². The summed E-state index contributed by atoms with van der Waals surface area (Å²) in [5.41, 5.74) is 2.82. The van der Waals surface area contributed by atoms with Crippen molar-refractivity contribution in [2.45, 2.75) is 6.54 Å². The van der Waals surface area contributed by atoms with Crippen molar-refractivity contribution in [2.75, 3.05) is 24.4 Å². The molecule has 0 fully saturated rings. The highest BCUT2D eigenvalue weighted by Crippen LogP contribution is 2.17. The number of anilines is 2. The molecule has 3 rings (SSSR count). The molecule has 6 heteroatoms. The summed E-state index contributed by atoms with van der Waals surface area (Å²) in [5.74, 6) is 1.20. The van der Waals surface area contributed by atoms with Crippen LogP contribution in [0.1, 0.15) is 5.56 Å². The number of methoxy groups -OCH3 is 1. The Morgan fingerprint density at radius 2 is 1.46 bits per heavy atom. The Bertz CT molecular complexity index is 895. The van der Waals surface area contributed by atoms with Gasteiger partial charge in [0.2, 0.25) is 0 Å². The lowest BCUT2D eigenvalue weighted by molar-refractivity contribution is -0.118. The zero-order chi connectivity index (χ0) is 19.8. The van der Waals surface area contributed by atoms with E-state index in [4.69, 9.17) is 21.1 Å². The number of carbonyl (C=O) groups excluding carboxylic acids is 1. The molecule has 0 atom stereocenters. The molecule has 0 unspecified atom stereocenters. The Labute approximate surface area is 169 Å². The topological polar surface area (TPSA) is 59.6 Å². The van der Waals surface area contributed by atoms with Crippen LogP contribution in [0.3, 0.4) is 0 Å². The zero-order valence-electron chi connectivity index (χ0n) is 15.4. The van der Waals surface area contributed by atoms with Crippen molar-refractivity contribution in [1.29, 1.82) is 0 Å². The molecule has 0 saturated carbocycles. The molecule has 0 saturated heterocycles. The van der Waals surface area contributed by atoms with Crippen molar-refractivity contribution in [3.05, 3.63) is 83.4 Å².